The second kappa shape index (κ2) is 17.4. The number of unbranched alkanes of at least 4 members (excludes halogenated alkanes) is 9. The van der Waals surface area contributed by atoms with E-state index in [4.69, 9.17) is 27.9 Å². The molecule has 1 aromatic heterocycles. The first-order valence-electron chi connectivity index (χ1n) is 13.4. The lowest BCUT2D eigenvalue weighted by Gasteiger charge is -2.10. The number of allylic oxidation sites excluding steroid dienone is 4. The quantitative estimate of drug-likeness (QED) is 0.109. The number of aryl methyl sites for hydroxylation is 2. The number of ether oxygens (including phenoxy) is 1. The Balaban J connectivity index is 1.63. The van der Waals surface area contributed by atoms with Gasteiger partial charge < -0.3 is 4.74 Å². The van der Waals surface area contributed by atoms with Crippen molar-refractivity contribution in [2.45, 2.75) is 90.9 Å². The molecule has 0 spiro atoms. The third-order valence-electron chi connectivity index (χ3n) is 6.16. The van der Waals surface area contributed by atoms with Crippen LogP contribution in [0.4, 0.5) is 0 Å². The van der Waals surface area contributed by atoms with E-state index in [1.807, 2.05) is 6.92 Å². The lowest BCUT2D eigenvalue weighted by Crippen LogP contribution is -2.09. The highest BCUT2D eigenvalue weighted by atomic mass is 35.5. The summed E-state index contributed by atoms with van der Waals surface area (Å²) >= 11 is 12.2. The molecule has 0 fully saturated rings. The van der Waals surface area contributed by atoms with Crippen molar-refractivity contribution < 1.29 is 9.53 Å². The van der Waals surface area contributed by atoms with Crippen molar-refractivity contribution in [3.63, 3.8) is 0 Å². The average molecular weight is 534 g/mol. The maximum Gasteiger partial charge on any atom is 0.223 e. The summed E-state index contributed by atoms with van der Waals surface area (Å²) < 4.78 is 7.64. The highest BCUT2D eigenvalue weighted by Gasteiger charge is 2.24. The molecule has 0 saturated heterocycles. The van der Waals surface area contributed by atoms with E-state index in [0.29, 0.717) is 39.4 Å². The summed E-state index contributed by atoms with van der Waals surface area (Å²) in [5, 5.41) is 5.21. The van der Waals surface area contributed by atoms with Crippen molar-refractivity contribution in [1.29, 1.82) is 0 Å². The van der Waals surface area contributed by atoms with Crippen molar-refractivity contribution >= 4 is 29.0 Å². The third kappa shape index (κ3) is 10.5. The number of halogens is 2. The van der Waals surface area contributed by atoms with Crippen LogP contribution in [0.25, 0.3) is 0 Å². The molecule has 198 valence electrons. The SMILES string of the molecule is CCCCC/C=C\C/C=C\CCCCCCCCOc1c(C(=O)c2ccc(Cl)cc2Cl)c(C)nn1C. The van der Waals surface area contributed by atoms with E-state index < -0.39 is 0 Å². The molecule has 1 heterocycles. The number of hydrogen-bond donors (Lipinski definition) is 0. The van der Waals surface area contributed by atoms with Crippen LogP contribution in [0.2, 0.25) is 10.0 Å². The van der Waals surface area contributed by atoms with Gasteiger partial charge in [-0.05, 0) is 63.6 Å². The molecule has 0 unspecified atom stereocenters. The first-order valence-corrected chi connectivity index (χ1v) is 14.2. The van der Waals surface area contributed by atoms with Crippen molar-refractivity contribution in [2.75, 3.05) is 6.61 Å². The van der Waals surface area contributed by atoms with Gasteiger partial charge in [-0.25, -0.2) is 4.68 Å². The fourth-order valence-corrected chi connectivity index (χ4v) is 4.63. The van der Waals surface area contributed by atoms with Gasteiger partial charge in [0.25, 0.3) is 0 Å². The molecule has 1 aromatic carbocycles. The van der Waals surface area contributed by atoms with Gasteiger partial charge in [0.15, 0.2) is 0 Å². The minimum Gasteiger partial charge on any atom is -0.477 e. The van der Waals surface area contributed by atoms with Gasteiger partial charge >= 0.3 is 0 Å². The van der Waals surface area contributed by atoms with Gasteiger partial charge in [0.1, 0.15) is 5.56 Å². The maximum absolute atomic E-state index is 13.1. The molecule has 0 aliphatic heterocycles. The number of ketones is 1. The summed E-state index contributed by atoms with van der Waals surface area (Å²) in [4.78, 5) is 13.1. The van der Waals surface area contributed by atoms with Gasteiger partial charge in [0, 0.05) is 17.6 Å². The lowest BCUT2D eigenvalue weighted by molar-refractivity contribution is 0.103. The fourth-order valence-electron chi connectivity index (χ4n) is 4.13. The summed E-state index contributed by atoms with van der Waals surface area (Å²) in [6.07, 6.45) is 23.6. The monoisotopic (exact) mass is 532 g/mol. The Hall–Kier alpha value is -2.04. The van der Waals surface area contributed by atoms with Crippen molar-refractivity contribution in [3.05, 3.63) is 69.4 Å². The molecule has 0 amide bonds. The smallest absolute Gasteiger partial charge is 0.223 e. The van der Waals surface area contributed by atoms with Crippen LogP contribution in [-0.4, -0.2) is 22.2 Å². The zero-order valence-corrected chi connectivity index (χ0v) is 23.7. The van der Waals surface area contributed by atoms with Crippen LogP contribution in [0.15, 0.2) is 42.5 Å². The molecule has 36 heavy (non-hydrogen) atoms. The van der Waals surface area contributed by atoms with E-state index in [1.54, 1.807) is 29.9 Å². The van der Waals surface area contributed by atoms with Gasteiger partial charge in [0.2, 0.25) is 11.7 Å². The number of nitrogens with zero attached hydrogens (tertiary/aromatic N) is 2. The van der Waals surface area contributed by atoms with Gasteiger partial charge in [-0.15, -0.1) is 0 Å². The van der Waals surface area contributed by atoms with Crippen LogP contribution in [0.5, 0.6) is 5.88 Å². The standard InChI is InChI=1S/C30H42Cl2N2O2/c1-4-5-6-7-8-9-10-11-12-13-14-15-16-17-18-19-22-36-30-28(24(2)33-34(30)3)29(35)26-21-20-25(31)23-27(26)32/h8-9,11-12,20-21,23H,4-7,10,13-19,22H2,1-3H3/b9-8-,12-11-. The van der Waals surface area contributed by atoms with E-state index in [9.17, 15) is 4.79 Å². The molecule has 0 bridgehead atoms. The minimum atomic E-state index is -0.200. The molecule has 0 saturated carbocycles. The Kier molecular flexibility index (Phi) is 14.6. The second-order valence-corrected chi connectivity index (χ2v) is 10.1. The maximum atomic E-state index is 13.1. The van der Waals surface area contributed by atoms with Crippen LogP contribution >= 0.6 is 23.2 Å². The predicted molar refractivity (Wildman–Crippen MR) is 153 cm³/mol. The average Bonchev–Trinajstić information content (AvgIpc) is 3.13. The highest BCUT2D eigenvalue weighted by Crippen LogP contribution is 2.29. The van der Waals surface area contributed by atoms with Crippen molar-refractivity contribution in [2.24, 2.45) is 7.05 Å². The van der Waals surface area contributed by atoms with Gasteiger partial charge in [-0.3, -0.25) is 4.79 Å². The largest absolute Gasteiger partial charge is 0.477 e. The molecule has 0 aliphatic rings. The van der Waals surface area contributed by atoms with Crippen molar-refractivity contribution in [3.8, 4) is 5.88 Å². The van der Waals surface area contributed by atoms with E-state index >= 15 is 0 Å². The Morgan fingerprint density at radius 3 is 2.25 bits per heavy atom. The molecular formula is C30H42Cl2N2O2. The predicted octanol–water partition coefficient (Wildman–Crippen LogP) is 9.46. The Labute approximate surface area is 227 Å². The van der Waals surface area contributed by atoms with E-state index in [2.05, 4.69) is 36.3 Å². The molecule has 6 heteroatoms. The van der Waals surface area contributed by atoms with Crippen LogP contribution in [-0.2, 0) is 7.05 Å². The Morgan fingerprint density at radius 1 is 0.944 bits per heavy atom. The van der Waals surface area contributed by atoms with E-state index in [0.717, 1.165) is 19.3 Å². The second-order valence-electron chi connectivity index (χ2n) is 9.28. The zero-order chi connectivity index (χ0) is 26.2. The number of aromatic nitrogens is 2. The third-order valence-corrected chi connectivity index (χ3v) is 6.70. The van der Waals surface area contributed by atoms with Crippen LogP contribution < -0.4 is 4.74 Å². The van der Waals surface area contributed by atoms with E-state index in [1.165, 1.54) is 57.8 Å². The Bertz CT molecular complexity index is 995. The van der Waals surface area contributed by atoms with Gasteiger partial charge in [0.05, 0.1) is 17.3 Å². The topological polar surface area (TPSA) is 44.1 Å². The van der Waals surface area contributed by atoms with Gasteiger partial charge in [-0.2, -0.15) is 5.10 Å². The first kappa shape index (κ1) is 30.2. The summed E-state index contributed by atoms with van der Waals surface area (Å²) in [5.41, 5.74) is 1.48. The molecule has 2 aromatic rings. The summed E-state index contributed by atoms with van der Waals surface area (Å²) in [6, 6.07) is 4.88. The lowest BCUT2D eigenvalue weighted by atomic mass is 10.0. The van der Waals surface area contributed by atoms with Crippen molar-refractivity contribution in [1.82, 2.24) is 9.78 Å². The molecule has 2 rings (SSSR count). The zero-order valence-electron chi connectivity index (χ0n) is 22.2. The molecule has 0 aliphatic carbocycles. The Morgan fingerprint density at radius 2 is 1.58 bits per heavy atom. The van der Waals surface area contributed by atoms with E-state index in [-0.39, 0.29) is 5.78 Å². The molecule has 0 radical (unpaired) electrons. The number of carbonyl (C=O) groups excluding carboxylic acids is 1. The highest BCUT2D eigenvalue weighted by molar-refractivity contribution is 6.37. The van der Waals surface area contributed by atoms with Gasteiger partial charge in [-0.1, -0.05) is 93.0 Å². The summed E-state index contributed by atoms with van der Waals surface area (Å²) in [5.74, 6) is 0.292. The number of rotatable bonds is 18. The fraction of sp³-hybridized carbons (Fsp3) is 0.533. The first-order chi connectivity index (χ1) is 17.5. The number of carbonyl (C=O) groups is 1. The molecule has 0 N–H and O–H groups in total. The summed E-state index contributed by atoms with van der Waals surface area (Å²) in [7, 11) is 1.79. The number of benzene rings is 1. The summed E-state index contributed by atoms with van der Waals surface area (Å²) in [6.45, 7) is 4.61. The molecular weight excluding hydrogens is 491 g/mol. The normalized spacial score (nSPS) is 11.7. The van der Waals surface area contributed by atoms with Crippen LogP contribution in [0.1, 0.15) is 106 Å². The van der Waals surface area contributed by atoms with Crippen LogP contribution in [0.3, 0.4) is 0 Å². The van der Waals surface area contributed by atoms with Crippen LogP contribution in [0, 0.1) is 6.92 Å². The minimum absolute atomic E-state index is 0.200. The molecule has 4 nitrogen and oxygen atoms in total. The molecule has 0 atom stereocenters. The number of hydrogen-bond acceptors (Lipinski definition) is 3.